The van der Waals surface area contributed by atoms with Gasteiger partial charge in [0.2, 0.25) is 0 Å². The minimum Gasteiger partial charge on any atom is -0.465 e. The number of hydrogen-bond donors (Lipinski definition) is 1. The Hall–Kier alpha value is -2.47. The summed E-state index contributed by atoms with van der Waals surface area (Å²) in [5.41, 5.74) is 6.87. The molecule has 21 heavy (non-hydrogen) atoms. The lowest BCUT2D eigenvalue weighted by Gasteiger charge is -2.16. The molecule has 0 saturated carbocycles. The Kier molecular flexibility index (Phi) is 4.84. The molecular formula is C15H17N3O3. The van der Waals surface area contributed by atoms with Gasteiger partial charge in [-0.1, -0.05) is 30.3 Å². The summed E-state index contributed by atoms with van der Waals surface area (Å²) in [5.74, 6) is -0.0765. The van der Waals surface area contributed by atoms with E-state index in [4.69, 9.17) is 10.5 Å². The maximum atomic E-state index is 11.5. The Balaban J connectivity index is 2.38. The molecule has 0 spiro atoms. The molecule has 0 aliphatic rings. The Morgan fingerprint density at radius 1 is 1.33 bits per heavy atom. The second kappa shape index (κ2) is 6.81. The summed E-state index contributed by atoms with van der Waals surface area (Å²) < 4.78 is 10.3. The molecule has 0 fully saturated rings. The lowest BCUT2D eigenvalue weighted by Crippen LogP contribution is -2.15. The number of hydrogen-bond acceptors (Lipinski definition) is 6. The van der Waals surface area contributed by atoms with Crippen molar-refractivity contribution in [2.24, 2.45) is 0 Å². The fraction of sp³-hybridized carbons (Fsp3) is 0.267. The summed E-state index contributed by atoms with van der Waals surface area (Å²) in [4.78, 5) is 19.9. The third-order valence-corrected chi connectivity index (χ3v) is 2.91. The van der Waals surface area contributed by atoms with Gasteiger partial charge < -0.3 is 15.2 Å². The first-order valence-corrected chi connectivity index (χ1v) is 6.54. The van der Waals surface area contributed by atoms with Crippen LogP contribution in [0.5, 0.6) is 0 Å². The van der Waals surface area contributed by atoms with Gasteiger partial charge in [0.1, 0.15) is 17.5 Å². The topological polar surface area (TPSA) is 87.3 Å². The molecule has 1 aromatic carbocycles. The average molecular weight is 287 g/mol. The fourth-order valence-corrected chi connectivity index (χ4v) is 1.92. The Morgan fingerprint density at radius 3 is 2.62 bits per heavy atom. The van der Waals surface area contributed by atoms with Crippen molar-refractivity contribution in [2.75, 3.05) is 19.5 Å². The Bertz CT molecular complexity index is 617. The van der Waals surface area contributed by atoms with Gasteiger partial charge in [0, 0.05) is 12.8 Å². The number of esters is 1. The molecule has 2 aromatic rings. The van der Waals surface area contributed by atoms with Crippen LogP contribution in [-0.2, 0) is 9.47 Å². The predicted molar refractivity (Wildman–Crippen MR) is 77.7 cm³/mol. The molecule has 2 N–H and O–H groups in total. The highest BCUT2D eigenvalue weighted by molar-refractivity contribution is 5.93. The number of benzene rings is 1. The van der Waals surface area contributed by atoms with Crippen molar-refractivity contribution in [3.63, 3.8) is 0 Å². The van der Waals surface area contributed by atoms with Crippen LogP contribution < -0.4 is 5.73 Å². The monoisotopic (exact) mass is 287 g/mol. The van der Waals surface area contributed by atoms with Crippen molar-refractivity contribution in [3.05, 3.63) is 53.5 Å². The summed E-state index contributed by atoms with van der Waals surface area (Å²) in [6, 6.07) is 9.59. The van der Waals surface area contributed by atoms with Crippen LogP contribution in [0, 0.1) is 0 Å². The molecule has 0 aliphatic heterocycles. The van der Waals surface area contributed by atoms with E-state index in [2.05, 4.69) is 14.7 Å². The van der Waals surface area contributed by atoms with Crippen LogP contribution in [0.1, 0.15) is 34.8 Å². The molecule has 0 radical (unpaired) electrons. The van der Waals surface area contributed by atoms with Crippen LogP contribution in [-0.4, -0.2) is 29.7 Å². The highest BCUT2D eigenvalue weighted by atomic mass is 16.5. The number of nitrogen functional groups attached to an aromatic ring is 1. The quantitative estimate of drug-likeness (QED) is 0.846. The van der Waals surface area contributed by atoms with E-state index in [1.165, 1.54) is 13.3 Å². The largest absolute Gasteiger partial charge is 0.465 e. The molecule has 0 amide bonds. The number of methoxy groups -OCH3 is 1. The van der Waals surface area contributed by atoms with E-state index in [9.17, 15) is 4.79 Å². The van der Waals surface area contributed by atoms with Crippen LogP contribution in [0.25, 0.3) is 0 Å². The maximum Gasteiger partial charge on any atom is 0.343 e. The number of nitrogens with two attached hydrogens (primary N) is 1. The van der Waals surface area contributed by atoms with E-state index in [1.807, 2.05) is 37.3 Å². The van der Waals surface area contributed by atoms with Crippen LogP contribution in [0.4, 0.5) is 5.82 Å². The molecule has 0 bridgehead atoms. The van der Waals surface area contributed by atoms with Gasteiger partial charge in [0.05, 0.1) is 7.11 Å². The van der Waals surface area contributed by atoms with Crippen molar-refractivity contribution >= 4 is 11.8 Å². The van der Waals surface area contributed by atoms with Crippen LogP contribution >= 0.6 is 0 Å². The molecule has 1 heterocycles. The fourth-order valence-electron chi connectivity index (χ4n) is 1.92. The van der Waals surface area contributed by atoms with Gasteiger partial charge in [0.25, 0.3) is 0 Å². The number of nitrogens with zero attached hydrogens (tertiary/aromatic N) is 2. The number of anilines is 1. The zero-order valence-corrected chi connectivity index (χ0v) is 11.9. The van der Waals surface area contributed by atoms with E-state index in [-0.39, 0.29) is 11.4 Å². The maximum absolute atomic E-state index is 11.5. The minimum absolute atomic E-state index is 0.0764. The predicted octanol–water partition coefficient (Wildman–Crippen LogP) is 1.97. The zero-order chi connectivity index (χ0) is 15.2. The normalized spacial score (nSPS) is 11.9. The van der Waals surface area contributed by atoms with Crippen LogP contribution in [0.3, 0.4) is 0 Å². The first-order valence-electron chi connectivity index (χ1n) is 6.54. The summed E-state index contributed by atoms with van der Waals surface area (Å²) in [6.45, 7) is 2.39. The molecule has 0 aliphatic carbocycles. The van der Waals surface area contributed by atoms with E-state index in [0.717, 1.165) is 5.56 Å². The van der Waals surface area contributed by atoms with Crippen molar-refractivity contribution < 1.29 is 14.3 Å². The van der Waals surface area contributed by atoms with E-state index >= 15 is 0 Å². The zero-order valence-electron chi connectivity index (χ0n) is 11.9. The van der Waals surface area contributed by atoms with Gasteiger partial charge in [-0.25, -0.2) is 14.8 Å². The van der Waals surface area contributed by atoms with Crippen LogP contribution in [0.15, 0.2) is 36.5 Å². The van der Waals surface area contributed by atoms with Gasteiger partial charge in [-0.3, -0.25) is 0 Å². The van der Waals surface area contributed by atoms with Gasteiger partial charge in [-0.05, 0) is 12.5 Å². The summed E-state index contributed by atoms with van der Waals surface area (Å²) in [6.07, 6.45) is 0.934. The standard InChI is InChI=1S/C15H17N3O3/c1-3-21-12(10-7-5-4-6-8-10)14-17-9-11(13(16)18-14)15(19)20-2/h4-9,12H,3H2,1-2H3,(H2,16,17,18). The molecule has 6 heteroatoms. The molecule has 110 valence electrons. The van der Waals surface area contributed by atoms with Crippen LogP contribution in [0.2, 0.25) is 0 Å². The second-order valence-corrected chi connectivity index (χ2v) is 4.26. The highest BCUT2D eigenvalue weighted by Gasteiger charge is 2.20. The SMILES string of the molecule is CCOC(c1ccccc1)c1ncc(C(=O)OC)c(N)n1. The number of aromatic nitrogens is 2. The number of carbonyl (C=O) groups is 1. The van der Waals surface area contributed by atoms with Gasteiger partial charge in [-0.2, -0.15) is 0 Å². The number of ether oxygens (including phenoxy) is 2. The van der Waals surface area contributed by atoms with E-state index in [0.29, 0.717) is 12.4 Å². The van der Waals surface area contributed by atoms with Crippen molar-refractivity contribution in [3.8, 4) is 0 Å². The Morgan fingerprint density at radius 2 is 2.05 bits per heavy atom. The highest BCUT2D eigenvalue weighted by Crippen LogP contribution is 2.24. The third-order valence-electron chi connectivity index (χ3n) is 2.91. The van der Waals surface area contributed by atoms with Gasteiger partial charge in [0.15, 0.2) is 5.82 Å². The minimum atomic E-state index is -0.563. The smallest absolute Gasteiger partial charge is 0.343 e. The average Bonchev–Trinajstić information content (AvgIpc) is 2.52. The summed E-state index contributed by atoms with van der Waals surface area (Å²) >= 11 is 0. The van der Waals surface area contributed by atoms with Crippen molar-refractivity contribution in [1.29, 1.82) is 0 Å². The Labute approximate surface area is 122 Å². The molecule has 1 aromatic heterocycles. The van der Waals surface area contributed by atoms with E-state index < -0.39 is 12.1 Å². The summed E-state index contributed by atoms with van der Waals surface area (Å²) in [5, 5.41) is 0. The molecule has 0 saturated heterocycles. The van der Waals surface area contributed by atoms with Gasteiger partial charge >= 0.3 is 5.97 Å². The third kappa shape index (κ3) is 3.35. The summed E-state index contributed by atoms with van der Waals surface area (Å²) in [7, 11) is 1.28. The number of carbonyl (C=O) groups excluding carboxylic acids is 1. The van der Waals surface area contributed by atoms with Crippen molar-refractivity contribution in [1.82, 2.24) is 9.97 Å². The van der Waals surface area contributed by atoms with Gasteiger partial charge in [-0.15, -0.1) is 0 Å². The molecule has 1 atom stereocenters. The molecule has 2 rings (SSSR count). The molecular weight excluding hydrogens is 270 g/mol. The molecule has 6 nitrogen and oxygen atoms in total. The molecule has 1 unspecified atom stereocenters. The lowest BCUT2D eigenvalue weighted by molar-refractivity contribution is 0.0599. The second-order valence-electron chi connectivity index (χ2n) is 4.26. The lowest BCUT2D eigenvalue weighted by atomic mass is 10.1. The van der Waals surface area contributed by atoms with E-state index in [1.54, 1.807) is 0 Å². The first-order chi connectivity index (χ1) is 10.2. The van der Waals surface area contributed by atoms with Crippen molar-refractivity contribution in [2.45, 2.75) is 13.0 Å². The first kappa shape index (κ1) is 14.9. The number of rotatable bonds is 5.